The summed E-state index contributed by atoms with van der Waals surface area (Å²) in [5.74, 6) is -0.251. The van der Waals surface area contributed by atoms with Gasteiger partial charge < -0.3 is 0 Å². The normalized spacial score (nSPS) is 10.4. The average molecular weight is 311 g/mol. The fraction of sp³-hybridized carbons (Fsp3) is 0.500. The topological polar surface area (TPSA) is 55.6 Å². The molecule has 0 saturated heterocycles. The third kappa shape index (κ3) is 2.95. The standard InChI is InChI=1S/C8H12IN2O3/c1-9-4-5-11(13-2)8(12)7-3-6-14-10-7/h3,6H,4-5H2,1-2H3/q-1. The molecule has 0 aliphatic carbocycles. The quantitative estimate of drug-likeness (QED) is 0.340. The molecule has 0 bridgehead atoms. The molecule has 1 amide bonds. The van der Waals surface area contributed by atoms with Gasteiger partial charge in [0.05, 0.1) is 0 Å². The molecule has 80 valence electrons. The molecule has 0 aromatic carbocycles. The van der Waals surface area contributed by atoms with Gasteiger partial charge in [0.1, 0.15) is 0 Å². The van der Waals surface area contributed by atoms with Crippen LogP contribution < -0.4 is 21.2 Å². The molecule has 1 rings (SSSR count). The molecule has 1 aromatic heterocycles. The van der Waals surface area contributed by atoms with E-state index in [1.54, 1.807) is 0 Å². The first kappa shape index (κ1) is 11.4. The fourth-order valence-electron chi connectivity index (χ4n) is 0.888. The van der Waals surface area contributed by atoms with Crippen molar-refractivity contribution >= 4 is 5.91 Å². The van der Waals surface area contributed by atoms with E-state index in [-0.39, 0.29) is 32.8 Å². The maximum atomic E-state index is 11.6. The molecular formula is C8H12IN2O3-. The minimum atomic E-state index is -0.251. The summed E-state index contributed by atoms with van der Waals surface area (Å²) in [6.07, 6.45) is 1.37. The fourth-order valence-corrected chi connectivity index (χ4v) is 1.81. The number of amides is 1. The molecule has 5 nitrogen and oxygen atoms in total. The van der Waals surface area contributed by atoms with Crippen molar-refractivity contribution in [3.63, 3.8) is 0 Å². The second kappa shape index (κ2) is 5.97. The Morgan fingerprint density at radius 1 is 1.79 bits per heavy atom. The minimum absolute atomic E-state index is 0.166. The molecule has 0 aliphatic rings. The first-order valence-corrected chi connectivity index (χ1v) is 7.68. The zero-order valence-electron chi connectivity index (χ0n) is 8.07. The third-order valence-corrected chi connectivity index (χ3v) is 3.14. The van der Waals surface area contributed by atoms with Crippen LogP contribution in [-0.4, -0.2) is 39.1 Å². The van der Waals surface area contributed by atoms with E-state index in [1.165, 1.54) is 24.5 Å². The Kier molecular flexibility index (Phi) is 4.88. The van der Waals surface area contributed by atoms with Gasteiger partial charge in [-0.25, -0.2) is 0 Å². The van der Waals surface area contributed by atoms with Gasteiger partial charge in [0.2, 0.25) is 0 Å². The van der Waals surface area contributed by atoms with Crippen LogP contribution in [0.5, 0.6) is 0 Å². The van der Waals surface area contributed by atoms with Crippen LogP contribution in [0.1, 0.15) is 10.5 Å². The van der Waals surface area contributed by atoms with Crippen molar-refractivity contribution in [2.24, 2.45) is 0 Å². The molecule has 0 unspecified atom stereocenters. The predicted molar refractivity (Wildman–Crippen MR) is 45.3 cm³/mol. The Morgan fingerprint density at radius 3 is 3.07 bits per heavy atom. The zero-order chi connectivity index (χ0) is 10.4. The van der Waals surface area contributed by atoms with Crippen molar-refractivity contribution in [3.8, 4) is 0 Å². The molecule has 0 fully saturated rings. The molecule has 0 spiro atoms. The summed E-state index contributed by atoms with van der Waals surface area (Å²) in [6.45, 7) is 0.617. The van der Waals surface area contributed by atoms with Gasteiger partial charge in [-0.05, 0) is 0 Å². The average Bonchev–Trinajstić information content (AvgIpc) is 2.71. The van der Waals surface area contributed by atoms with Gasteiger partial charge >= 0.3 is 92.5 Å². The molecule has 1 heterocycles. The molecule has 6 heteroatoms. The van der Waals surface area contributed by atoms with Gasteiger partial charge in [0, 0.05) is 0 Å². The zero-order valence-corrected chi connectivity index (χ0v) is 10.2. The van der Waals surface area contributed by atoms with Crippen LogP contribution >= 0.6 is 0 Å². The summed E-state index contributed by atoms with van der Waals surface area (Å²) in [7, 11) is 1.48. The van der Waals surface area contributed by atoms with Crippen LogP contribution in [-0.2, 0) is 4.84 Å². The van der Waals surface area contributed by atoms with Crippen LogP contribution in [0.15, 0.2) is 16.9 Å². The first-order valence-electron chi connectivity index (χ1n) is 3.99. The van der Waals surface area contributed by atoms with Crippen molar-refractivity contribution in [3.05, 3.63) is 18.0 Å². The van der Waals surface area contributed by atoms with E-state index in [0.717, 1.165) is 4.43 Å². The maximum absolute atomic E-state index is 11.6. The Hall–Kier alpha value is -0.630. The Balaban J connectivity index is 2.56. The second-order valence-corrected chi connectivity index (χ2v) is 5.04. The summed E-state index contributed by atoms with van der Waals surface area (Å²) in [5, 5.41) is 4.86. The van der Waals surface area contributed by atoms with Crippen LogP contribution in [0.3, 0.4) is 0 Å². The van der Waals surface area contributed by atoms with Crippen molar-refractivity contribution in [1.29, 1.82) is 0 Å². The number of nitrogens with zero attached hydrogens (tertiary/aromatic N) is 2. The van der Waals surface area contributed by atoms with Crippen molar-refractivity contribution < 1.29 is 35.4 Å². The molecule has 0 N–H and O–H groups in total. The molecule has 0 radical (unpaired) electrons. The second-order valence-electron chi connectivity index (χ2n) is 2.43. The van der Waals surface area contributed by atoms with E-state index in [9.17, 15) is 4.79 Å². The first-order chi connectivity index (χ1) is 6.79. The van der Waals surface area contributed by atoms with E-state index in [0.29, 0.717) is 6.54 Å². The predicted octanol–water partition coefficient (Wildman–Crippen LogP) is -2.60. The molecule has 1 aromatic rings. The van der Waals surface area contributed by atoms with E-state index >= 15 is 0 Å². The van der Waals surface area contributed by atoms with Gasteiger partial charge in [-0.3, -0.25) is 0 Å². The number of aromatic nitrogens is 1. The van der Waals surface area contributed by atoms with E-state index in [2.05, 4.69) is 14.6 Å². The van der Waals surface area contributed by atoms with E-state index in [1.807, 2.05) is 0 Å². The summed E-state index contributed by atoms with van der Waals surface area (Å²) in [4.78, 5) is 18.8. The molecule has 0 saturated carbocycles. The number of alkyl halides is 2. The molecule has 14 heavy (non-hydrogen) atoms. The third-order valence-electron chi connectivity index (χ3n) is 1.58. The summed E-state index contributed by atoms with van der Waals surface area (Å²) >= 11 is 0.166. The van der Waals surface area contributed by atoms with Gasteiger partial charge in [-0.15, -0.1) is 0 Å². The number of rotatable bonds is 5. The van der Waals surface area contributed by atoms with Crippen LogP contribution in [0, 0.1) is 0 Å². The van der Waals surface area contributed by atoms with E-state index in [4.69, 9.17) is 4.84 Å². The van der Waals surface area contributed by atoms with Crippen molar-refractivity contribution in [2.75, 3.05) is 23.0 Å². The number of hydroxylamine groups is 2. The number of carbonyl (C=O) groups is 1. The summed E-state index contributed by atoms with van der Waals surface area (Å²) in [6, 6.07) is 1.52. The van der Waals surface area contributed by atoms with Gasteiger partial charge in [0.25, 0.3) is 0 Å². The number of hydrogen-bond donors (Lipinski definition) is 0. The van der Waals surface area contributed by atoms with Crippen LogP contribution in [0.25, 0.3) is 0 Å². The Bertz CT molecular complexity index is 276. The summed E-state index contributed by atoms with van der Waals surface area (Å²) < 4.78 is 5.60. The van der Waals surface area contributed by atoms with Crippen LogP contribution in [0.4, 0.5) is 0 Å². The molecule has 0 atom stereocenters. The van der Waals surface area contributed by atoms with Crippen LogP contribution in [0.2, 0.25) is 0 Å². The number of hydrogen-bond acceptors (Lipinski definition) is 4. The van der Waals surface area contributed by atoms with Gasteiger partial charge in [-0.2, -0.15) is 0 Å². The van der Waals surface area contributed by atoms with Gasteiger partial charge in [-0.1, -0.05) is 0 Å². The molecule has 0 aliphatic heterocycles. The van der Waals surface area contributed by atoms with Gasteiger partial charge in [0.15, 0.2) is 0 Å². The molecular weight excluding hydrogens is 299 g/mol. The number of halogens is 1. The van der Waals surface area contributed by atoms with Crippen molar-refractivity contribution in [1.82, 2.24) is 10.2 Å². The Labute approximate surface area is 92.6 Å². The van der Waals surface area contributed by atoms with Crippen molar-refractivity contribution in [2.45, 2.75) is 0 Å². The summed E-state index contributed by atoms with van der Waals surface area (Å²) in [5.41, 5.74) is 0.279. The van der Waals surface area contributed by atoms with E-state index < -0.39 is 0 Å². The monoisotopic (exact) mass is 311 g/mol. The number of carbonyl (C=O) groups excluding carboxylic acids is 1. The SMILES string of the molecule is CON(CC[I-]C)C(=O)c1ccon1. The Morgan fingerprint density at radius 2 is 2.57 bits per heavy atom.